The van der Waals surface area contributed by atoms with Crippen LogP contribution in [0.1, 0.15) is 51.7 Å². The van der Waals surface area contributed by atoms with Crippen LogP contribution in [0.15, 0.2) is 100.0 Å². The quantitative estimate of drug-likeness (QED) is 0.334. The molecule has 10 heteroatoms. The fraction of sp³-hybridized carbons (Fsp3) is 0.303. The monoisotopic (exact) mass is 584 g/mol. The number of fused-ring (bicyclic) bond motifs is 4. The number of amidine groups is 1. The smallest absolute Gasteiger partial charge is 0.416 e. The van der Waals surface area contributed by atoms with E-state index in [4.69, 9.17) is 4.42 Å². The van der Waals surface area contributed by atoms with Crippen LogP contribution in [0.3, 0.4) is 0 Å². The van der Waals surface area contributed by atoms with Crippen LogP contribution < -0.4 is 5.43 Å². The molecule has 3 unspecified atom stereocenters. The summed E-state index contributed by atoms with van der Waals surface area (Å²) in [5, 5.41) is 10.5. The Kier molecular flexibility index (Phi) is 5.99. The Morgan fingerprint density at radius 3 is 2.49 bits per heavy atom. The van der Waals surface area contributed by atoms with Crippen LogP contribution in [0.2, 0.25) is 0 Å². The van der Waals surface area contributed by atoms with Crippen LogP contribution in [-0.2, 0) is 5.41 Å². The SMILES string of the molecule is CC/C=C(\C)c1ccccc1-c1nnc(-c2ccccc2C2(C)CC(C)C23N2C=CC=CC2=C2N=C(C(F)(F)F)NN23)o1. The molecule has 0 bridgehead atoms. The number of halogens is 3. The lowest BCUT2D eigenvalue weighted by Gasteiger charge is -2.66. The fourth-order valence-electron chi connectivity index (χ4n) is 7.53. The highest BCUT2D eigenvalue weighted by Gasteiger charge is 2.73. The van der Waals surface area contributed by atoms with Crippen molar-refractivity contribution in [2.24, 2.45) is 10.9 Å². The molecule has 1 N–H and O–H groups in total. The fourth-order valence-corrected chi connectivity index (χ4v) is 7.53. The summed E-state index contributed by atoms with van der Waals surface area (Å²) in [4.78, 5) is 6.11. The molecule has 1 spiro atoms. The van der Waals surface area contributed by atoms with Crippen molar-refractivity contribution in [1.82, 2.24) is 25.5 Å². The first-order valence-electron chi connectivity index (χ1n) is 14.4. The lowest BCUT2D eigenvalue weighted by Crippen LogP contribution is -2.78. The van der Waals surface area contributed by atoms with Gasteiger partial charge in [0, 0.05) is 28.7 Å². The summed E-state index contributed by atoms with van der Waals surface area (Å²) in [5.74, 6) is -0.0139. The molecule has 1 fully saturated rings. The largest absolute Gasteiger partial charge is 0.451 e. The summed E-state index contributed by atoms with van der Waals surface area (Å²) in [7, 11) is 0. The van der Waals surface area contributed by atoms with E-state index in [0.717, 1.165) is 34.2 Å². The minimum absolute atomic E-state index is 0.0251. The molecule has 7 nitrogen and oxygen atoms in total. The third-order valence-electron chi connectivity index (χ3n) is 9.20. The molecule has 2 aromatic carbocycles. The lowest BCUT2D eigenvalue weighted by molar-refractivity contribution is -0.164. The average molecular weight is 585 g/mol. The first kappa shape index (κ1) is 27.2. The summed E-state index contributed by atoms with van der Waals surface area (Å²) in [6.07, 6.45) is 6.63. The molecule has 7 rings (SSSR count). The van der Waals surface area contributed by atoms with Crippen molar-refractivity contribution < 1.29 is 17.6 Å². The van der Waals surface area contributed by atoms with Gasteiger partial charge in [-0.15, -0.1) is 10.2 Å². The van der Waals surface area contributed by atoms with Gasteiger partial charge >= 0.3 is 6.18 Å². The van der Waals surface area contributed by atoms with Gasteiger partial charge in [-0.05, 0) is 60.8 Å². The minimum atomic E-state index is -4.61. The molecule has 4 heterocycles. The summed E-state index contributed by atoms with van der Waals surface area (Å²) in [6.45, 7) is 8.32. The van der Waals surface area contributed by atoms with Crippen LogP contribution in [0.25, 0.3) is 28.5 Å². The zero-order valence-electron chi connectivity index (χ0n) is 24.3. The first-order valence-corrected chi connectivity index (χ1v) is 14.4. The number of hydrogen-bond acceptors (Lipinski definition) is 7. The van der Waals surface area contributed by atoms with E-state index in [9.17, 15) is 13.2 Å². The van der Waals surface area contributed by atoms with Gasteiger partial charge in [0.25, 0.3) is 0 Å². The maximum absolute atomic E-state index is 13.9. The Hall–Kier alpha value is -4.60. The van der Waals surface area contributed by atoms with E-state index in [1.807, 2.05) is 73.0 Å². The van der Waals surface area contributed by atoms with Crippen LogP contribution in [-0.4, -0.2) is 37.8 Å². The highest BCUT2D eigenvalue weighted by atomic mass is 19.4. The predicted molar refractivity (Wildman–Crippen MR) is 159 cm³/mol. The normalized spacial score (nSPS) is 26.1. The van der Waals surface area contributed by atoms with Crippen molar-refractivity contribution in [2.75, 3.05) is 0 Å². The van der Waals surface area contributed by atoms with Gasteiger partial charge in [0.15, 0.2) is 5.82 Å². The molecular formula is C33H31F3N6O. The van der Waals surface area contributed by atoms with Gasteiger partial charge in [0.1, 0.15) is 5.66 Å². The second-order valence-electron chi connectivity index (χ2n) is 11.6. The lowest BCUT2D eigenvalue weighted by atomic mass is 9.50. The number of nitrogens with zero attached hydrogens (tertiary/aromatic N) is 5. The van der Waals surface area contributed by atoms with Gasteiger partial charge in [-0.25, -0.2) is 10.0 Å². The third-order valence-corrected chi connectivity index (χ3v) is 9.20. The van der Waals surface area contributed by atoms with Gasteiger partial charge in [-0.2, -0.15) is 13.2 Å². The van der Waals surface area contributed by atoms with Gasteiger partial charge in [0.2, 0.25) is 17.6 Å². The van der Waals surface area contributed by atoms with Crippen molar-refractivity contribution in [2.45, 2.75) is 57.8 Å². The number of hydrazine groups is 1. The highest BCUT2D eigenvalue weighted by Crippen LogP contribution is 2.66. The molecular weight excluding hydrogens is 553 g/mol. The van der Waals surface area contributed by atoms with E-state index in [1.54, 1.807) is 5.01 Å². The topological polar surface area (TPSA) is 69.8 Å². The van der Waals surface area contributed by atoms with Gasteiger partial charge in [-0.1, -0.05) is 69.3 Å². The van der Waals surface area contributed by atoms with Crippen molar-refractivity contribution in [3.05, 3.63) is 102 Å². The highest BCUT2D eigenvalue weighted by molar-refractivity contribution is 5.90. The Bertz CT molecular complexity index is 1780. The third kappa shape index (κ3) is 3.71. The summed E-state index contributed by atoms with van der Waals surface area (Å²) in [6, 6.07) is 15.7. The van der Waals surface area contributed by atoms with Crippen LogP contribution in [0.4, 0.5) is 13.2 Å². The molecule has 1 aromatic heterocycles. The maximum Gasteiger partial charge on any atom is 0.451 e. The molecule has 1 aliphatic carbocycles. The number of rotatable bonds is 5. The molecule has 3 aromatic rings. The number of benzene rings is 2. The molecule has 3 aliphatic heterocycles. The van der Waals surface area contributed by atoms with E-state index in [0.29, 0.717) is 23.9 Å². The number of nitrogens with one attached hydrogen (secondary N) is 1. The molecule has 0 amide bonds. The Morgan fingerprint density at radius 2 is 1.77 bits per heavy atom. The van der Waals surface area contributed by atoms with E-state index in [2.05, 4.69) is 59.3 Å². The standard InChI is InChI=1S/C33H31F3N6O/c1-5-12-20(2)22-13-6-7-14-23(22)28-38-39-29(43-28)24-15-8-9-16-25(24)31(4)19-21(3)32(31)41-18-11-10-17-26(41)27-37-30(33(34,35)36)40-42(27)32/h6-18,21H,5,19H2,1-4H3,(H,37,40)/b20-12+. The van der Waals surface area contributed by atoms with Crippen molar-refractivity contribution in [3.63, 3.8) is 0 Å². The number of alkyl halides is 3. The molecule has 0 radical (unpaired) electrons. The summed E-state index contributed by atoms with van der Waals surface area (Å²) >= 11 is 0. The molecule has 4 aliphatic rings. The van der Waals surface area contributed by atoms with Gasteiger partial charge < -0.3 is 9.32 Å². The number of aliphatic imine (C=N–C) groups is 1. The van der Waals surface area contributed by atoms with Gasteiger partial charge in [-0.3, -0.25) is 5.43 Å². The van der Waals surface area contributed by atoms with E-state index < -0.39 is 23.1 Å². The number of aromatic nitrogens is 2. The first-order chi connectivity index (χ1) is 20.6. The van der Waals surface area contributed by atoms with Crippen molar-refractivity contribution in [1.29, 1.82) is 0 Å². The second-order valence-corrected chi connectivity index (χ2v) is 11.6. The second kappa shape index (κ2) is 9.45. The van der Waals surface area contributed by atoms with Crippen LogP contribution in [0, 0.1) is 5.92 Å². The zero-order valence-corrected chi connectivity index (χ0v) is 24.3. The molecule has 1 saturated carbocycles. The van der Waals surface area contributed by atoms with Crippen molar-refractivity contribution in [3.8, 4) is 22.9 Å². The number of hydrogen-bond donors (Lipinski definition) is 1. The number of allylic oxidation sites excluding steroid dienone is 5. The zero-order chi connectivity index (χ0) is 30.1. The van der Waals surface area contributed by atoms with Crippen LogP contribution in [0.5, 0.6) is 0 Å². The molecule has 0 saturated heterocycles. The Balaban J connectivity index is 1.33. The molecule has 220 valence electrons. The Labute approximate surface area is 247 Å². The van der Waals surface area contributed by atoms with E-state index >= 15 is 0 Å². The minimum Gasteiger partial charge on any atom is -0.416 e. The van der Waals surface area contributed by atoms with E-state index in [-0.39, 0.29) is 11.7 Å². The summed E-state index contributed by atoms with van der Waals surface area (Å²) in [5.41, 5.74) is 6.33. The molecule has 3 atom stereocenters. The predicted octanol–water partition coefficient (Wildman–Crippen LogP) is 7.56. The maximum atomic E-state index is 13.9. The molecule has 43 heavy (non-hydrogen) atoms. The van der Waals surface area contributed by atoms with Gasteiger partial charge in [0.05, 0.1) is 5.70 Å². The summed E-state index contributed by atoms with van der Waals surface area (Å²) < 4.78 is 48.1. The Morgan fingerprint density at radius 1 is 1.07 bits per heavy atom. The van der Waals surface area contributed by atoms with Crippen LogP contribution >= 0.6 is 0 Å². The van der Waals surface area contributed by atoms with E-state index in [1.165, 1.54) is 0 Å². The average Bonchev–Trinajstić information content (AvgIpc) is 3.72. The van der Waals surface area contributed by atoms with Crippen molar-refractivity contribution >= 4 is 11.4 Å².